The highest BCUT2D eigenvalue weighted by Crippen LogP contribution is 2.38. The SMILES string of the molecule is CCCCCCCC(COCCOCCOCCOc1ccccc1)OP(=O)(O)O. The quantitative estimate of drug-likeness (QED) is 0.228. The van der Waals surface area contributed by atoms with Crippen molar-refractivity contribution in [2.75, 3.05) is 46.2 Å². The van der Waals surface area contributed by atoms with Gasteiger partial charge in [-0.05, 0) is 18.6 Å². The second-order valence-corrected chi connectivity index (χ2v) is 8.07. The molecule has 0 spiro atoms. The molecule has 0 aliphatic rings. The molecular weight excluding hydrogens is 411 g/mol. The van der Waals surface area contributed by atoms with Crippen molar-refractivity contribution in [1.29, 1.82) is 0 Å². The lowest BCUT2D eigenvalue weighted by atomic mass is 10.1. The minimum atomic E-state index is -4.52. The van der Waals surface area contributed by atoms with Crippen LogP contribution in [0.5, 0.6) is 5.75 Å². The van der Waals surface area contributed by atoms with E-state index < -0.39 is 13.9 Å². The van der Waals surface area contributed by atoms with Gasteiger partial charge in [0.1, 0.15) is 12.4 Å². The molecule has 0 bridgehead atoms. The van der Waals surface area contributed by atoms with E-state index in [1.165, 1.54) is 6.42 Å². The molecule has 0 saturated carbocycles. The Bertz CT molecular complexity index is 551. The molecule has 0 aliphatic carbocycles. The van der Waals surface area contributed by atoms with Crippen LogP contribution in [-0.2, 0) is 23.3 Å². The minimum Gasteiger partial charge on any atom is -0.491 e. The van der Waals surface area contributed by atoms with Crippen LogP contribution in [0.25, 0.3) is 0 Å². The smallest absolute Gasteiger partial charge is 0.469 e. The second kappa shape index (κ2) is 17.7. The fraction of sp³-hybridized carbons (Fsp3) is 0.714. The van der Waals surface area contributed by atoms with Gasteiger partial charge in [-0.15, -0.1) is 0 Å². The third kappa shape index (κ3) is 16.8. The monoisotopic (exact) mass is 448 g/mol. The maximum atomic E-state index is 11.1. The lowest BCUT2D eigenvalue weighted by molar-refractivity contribution is -0.0136. The van der Waals surface area contributed by atoms with E-state index in [4.69, 9.17) is 33.3 Å². The Morgan fingerprint density at radius 2 is 1.43 bits per heavy atom. The zero-order chi connectivity index (χ0) is 21.9. The van der Waals surface area contributed by atoms with Crippen molar-refractivity contribution in [1.82, 2.24) is 0 Å². The zero-order valence-electron chi connectivity index (χ0n) is 17.9. The molecule has 0 heterocycles. The zero-order valence-corrected chi connectivity index (χ0v) is 18.8. The van der Waals surface area contributed by atoms with E-state index in [0.29, 0.717) is 46.1 Å². The van der Waals surface area contributed by atoms with E-state index in [2.05, 4.69) is 6.92 Å². The van der Waals surface area contributed by atoms with Gasteiger partial charge >= 0.3 is 7.82 Å². The predicted molar refractivity (Wildman–Crippen MR) is 115 cm³/mol. The summed E-state index contributed by atoms with van der Waals surface area (Å²) in [7, 11) is -4.52. The summed E-state index contributed by atoms with van der Waals surface area (Å²) in [5, 5.41) is 0. The first-order valence-electron chi connectivity index (χ1n) is 10.7. The van der Waals surface area contributed by atoms with Crippen molar-refractivity contribution >= 4 is 7.82 Å². The van der Waals surface area contributed by atoms with Crippen LogP contribution in [-0.4, -0.2) is 62.1 Å². The van der Waals surface area contributed by atoms with Gasteiger partial charge in [-0.2, -0.15) is 0 Å². The highest BCUT2D eigenvalue weighted by molar-refractivity contribution is 7.46. The fourth-order valence-corrected chi connectivity index (χ4v) is 3.28. The van der Waals surface area contributed by atoms with Crippen molar-refractivity contribution in [3.63, 3.8) is 0 Å². The van der Waals surface area contributed by atoms with Crippen LogP contribution in [0.2, 0.25) is 0 Å². The summed E-state index contributed by atoms with van der Waals surface area (Å²) < 4.78 is 37.8. The summed E-state index contributed by atoms with van der Waals surface area (Å²) in [6.07, 6.45) is 5.27. The lowest BCUT2D eigenvalue weighted by Crippen LogP contribution is -2.21. The Hall–Kier alpha value is -0.990. The Kier molecular flexibility index (Phi) is 15.9. The average Bonchev–Trinajstić information content (AvgIpc) is 2.71. The van der Waals surface area contributed by atoms with Crippen molar-refractivity contribution < 1.29 is 37.8 Å². The summed E-state index contributed by atoms with van der Waals surface area (Å²) in [5.74, 6) is 0.816. The van der Waals surface area contributed by atoms with Crippen LogP contribution in [0.4, 0.5) is 0 Å². The van der Waals surface area contributed by atoms with E-state index in [0.717, 1.165) is 31.4 Å². The standard InChI is InChI=1S/C21H37O8P/c1-2-3-4-5-7-12-21(29-30(22,23)24)19-27-16-15-25-13-14-26-17-18-28-20-10-8-6-9-11-20/h6,8-11,21H,2-5,7,12-19H2,1H3,(H2,22,23,24). The molecule has 2 N–H and O–H groups in total. The maximum absolute atomic E-state index is 11.1. The summed E-state index contributed by atoms with van der Waals surface area (Å²) in [6.45, 7) is 4.84. The molecule has 0 amide bonds. The number of phosphoric ester groups is 1. The maximum Gasteiger partial charge on any atom is 0.469 e. The van der Waals surface area contributed by atoms with Gasteiger partial charge in [0.25, 0.3) is 0 Å². The summed E-state index contributed by atoms with van der Waals surface area (Å²) >= 11 is 0. The summed E-state index contributed by atoms with van der Waals surface area (Å²) in [6, 6.07) is 9.56. The number of phosphoric acid groups is 1. The van der Waals surface area contributed by atoms with Gasteiger partial charge < -0.3 is 28.7 Å². The third-order valence-electron chi connectivity index (χ3n) is 4.20. The highest BCUT2D eigenvalue weighted by atomic mass is 31.2. The molecular formula is C21H37O8P. The van der Waals surface area contributed by atoms with Gasteiger partial charge in [0.15, 0.2) is 0 Å². The van der Waals surface area contributed by atoms with E-state index in [9.17, 15) is 4.57 Å². The topological polar surface area (TPSA) is 104 Å². The van der Waals surface area contributed by atoms with Gasteiger partial charge in [-0.25, -0.2) is 4.57 Å². The third-order valence-corrected chi connectivity index (χ3v) is 4.78. The number of ether oxygens (including phenoxy) is 4. The number of hydrogen-bond donors (Lipinski definition) is 2. The second-order valence-electron chi connectivity index (χ2n) is 6.88. The highest BCUT2D eigenvalue weighted by Gasteiger charge is 2.22. The summed E-state index contributed by atoms with van der Waals surface area (Å²) in [5.41, 5.74) is 0. The van der Waals surface area contributed by atoms with Crippen LogP contribution in [0, 0.1) is 0 Å². The van der Waals surface area contributed by atoms with Crippen LogP contribution in [0.15, 0.2) is 30.3 Å². The molecule has 1 aromatic rings. The number of benzene rings is 1. The largest absolute Gasteiger partial charge is 0.491 e. The van der Waals surface area contributed by atoms with Crippen LogP contribution >= 0.6 is 7.82 Å². The van der Waals surface area contributed by atoms with Crippen molar-refractivity contribution in [2.45, 2.75) is 51.6 Å². The molecule has 30 heavy (non-hydrogen) atoms. The first kappa shape index (κ1) is 27.0. The van der Waals surface area contributed by atoms with Crippen molar-refractivity contribution in [3.8, 4) is 5.75 Å². The Labute approximate surface area is 180 Å². The number of para-hydroxylation sites is 1. The van der Waals surface area contributed by atoms with Gasteiger partial charge in [0.05, 0.1) is 45.7 Å². The molecule has 0 aromatic heterocycles. The normalized spacial score (nSPS) is 12.8. The molecule has 1 unspecified atom stereocenters. The number of unbranched alkanes of at least 4 members (excludes halogenated alkanes) is 4. The predicted octanol–water partition coefficient (Wildman–Crippen LogP) is 3.95. The van der Waals surface area contributed by atoms with Gasteiger partial charge in [0, 0.05) is 0 Å². The van der Waals surface area contributed by atoms with Crippen molar-refractivity contribution in [3.05, 3.63) is 30.3 Å². The number of rotatable bonds is 20. The molecule has 0 aliphatic heterocycles. The molecule has 0 saturated heterocycles. The van der Waals surface area contributed by atoms with Crippen LogP contribution < -0.4 is 4.74 Å². The molecule has 1 atom stereocenters. The Morgan fingerprint density at radius 3 is 2.07 bits per heavy atom. The Morgan fingerprint density at radius 1 is 0.833 bits per heavy atom. The first-order valence-corrected chi connectivity index (χ1v) is 12.2. The first-order chi connectivity index (χ1) is 14.5. The average molecular weight is 448 g/mol. The molecule has 0 radical (unpaired) electrons. The lowest BCUT2D eigenvalue weighted by Gasteiger charge is -2.18. The van der Waals surface area contributed by atoms with Gasteiger partial charge in [0.2, 0.25) is 0 Å². The minimum absolute atomic E-state index is 0.134. The van der Waals surface area contributed by atoms with E-state index in [1.54, 1.807) is 0 Å². The van der Waals surface area contributed by atoms with Gasteiger partial charge in [-0.1, -0.05) is 57.2 Å². The molecule has 8 nitrogen and oxygen atoms in total. The molecule has 0 fully saturated rings. The number of hydrogen-bond acceptors (Lipinski definition) is 6. The van der Waals surface area contributed by atoms with E-state index in [1.807, 2.05) is 30.3 Å². The summed E-state index contributed by atoms with van der Waals surface area (Å²) in [4.78, 5) is 18.1. The Balaban J connectivity index is 1.98. The molecule has 1 aromatic carbocycles. The fourth-order valence-electron chi connectivity index (χ4n) is 2.73. The molecule has 1 rings (SSSR count). The van der Waals surface area contributed by atoms with Gasteiger partial charge in [-0.3, -0.25) is 4.52 Å². The van der Waals surface area contributed by atoms with E-state index >= 15 is 0 Å². The van der Waals surface area contributed by atoms with E-state index in [-0.39, 0.29) is 6.61 Å². The van der Waals surface area contributed by atoms with Crippen LogP contribution in [0.3, 0.4) is 0 Å². The molecule has 9 heteroatoms. The molecule has 174 valence electrons. The van der Waals surface area contributed by atoms with Crippen LogP contribution in [0.1, 0.15) is 45.4 Å². The van der Waals surface area contributed by atoms with Crippen molar-refractivity contribution in [2.24, 2.45) is 0 Å².